The van der Waals surface area contributed by atoms with Gasteiger partial charge in [-0.25, -0.2) is 0 Å². The second-order valence-electron chi connectivity index (χ2n) is 6.80. The van der Waals surface area contributed by atoms with Crippen LogP contribution in [0, 0.1) is 0 Å². The Bertz CT molecular complexity index is 713. The number of nitrogens with zero attached hydrogens (tertiary/aromatic N) is 2. The topological polar surface area (TPSA) is 42.0 Å². The monoisotopic (exact) mass is 368 g/mol. The Morgan fingerprint density at radius 1 is 0.963 bits per heavy atom. The minimum atomic E-state index is 0.531. The molecular formula is C22H28N2O3. The average molecular weight is 368 g/mol. The summed E-state index contributed by atoms with van der Waals surface area (Å²) < 4.78 is 11.1. The van der Waals surface area contributed by atoms with E-state index in [-0.39, 0.29) is 0 Å². The Balaban J connectivity index is 1.38. The Hall–Kier alpha value is -2.37. The van der Waals surface area contributed by atoms with Crippen LogP contribution in [0.2, 0.25) is 0 Å². The molecule has 3 rings (SSSR count). The van der Waals surface area contributed by atoms with Crippen LogP contribution in [0.3, 0.4) is 0 Å². The van der Waals surface area contributed by atoms with Gasteiger partial charge < -0.3 is 14.4 Å². The lowest BCUT2D eigenvalue weighted by molar-refractivity contribution is 0.111. The van der Waals surface area contributed by atoms with E-state index < -0.39 is 0 Å². The summed E-state index contributed by atoms with van der Waals surface area (Å²) in [6.45, 7) is 6.97. The lowest BCUT2D eigenvalue weighted by atomic mass is 10.2. The van der Waals surface area contributed by atoms with Gasteiger partial charge in [0.05, 0.1) is 19.3 Å². The van der Waals surface area contributed by atoms with Crippen molar-refractivity contribution in [3.05, 3.63) is 59.7 Å². The molecule has 144 valence electrons. The van der Waals surface area contributed by atoms with Gasteiger partial charge in [-0.1, -0.05) is 36.4 Å². The van der Waals surface area contributed by atoms with Gasteiger partial charge in [-0.15, -0.1) is 0 Å². The number of benzene rings is 2. The van der Waals surface area contributed by atoms with Gasteiger partial charge in [0.2, 0.25) is 0 Å². The summed E-state index contributed by atoms with van der Waals surface area (Å²) in [5, 5.41) is 0. The van der Waals surface area contributed by atoms with Crippen molar-refractivity contribution in [1.29, 1.82) is 0 Å². The van der Waals surface area contributed by atoms with Crippen molar-refractivity contribution in [2.45, 2.75) is 13.0 Å². The van der Waals surface area contributed by atoms with E-state index in [0.717, 1.165) is 52.0 Å². The quantitative estimate of drug-likeness (QED) is 0.503. The van der Waals surface area contributed by atoms with Gasteiger partial charge in [0.15, 0.2) is 17.8 Å². The third-order valence-corrected chi connectivity index (χ3v) is 4.94. The number of para-hydroxylation sites is 1. The second-order valence-corrected chi connectivity index (χ2v) is 6.80. The summed E-state index contributed by atoms with van der Waals surface area (Å²) in [5.74, 6) is 1.15. The molecule has 1 heterocycles. The van der Waals surface area contributed by atoms with Crippen molar-refractivity contribution in [3.8, 4) is 11.5 Å². The molecule has 0 atom stereocenters. The van der Waals surface area contributed by atoms with Crippen molar-refractivity contribution < 1.29 is 14.3 Å². The molecule has 0 bridgehead atoms. The van der Waals surface area contributed by atoms with Gasteiger partial charge in [0.1, 0.15) is 0 Å². The molecule has 0 radical (unpaired) electrons. The number of rotatable bonds is 9. The Labute approximate surface area is 161 Å². The van der Waals surface area contributed by atoms with Crippen molar-refractivity contribution in [2.24, 2.45) is 0 Å². The highest BCUT2D eigenvalue weighted by Gasteiger charge is 2.17. The standard InChI is InChI=1S/C22H28N2O3/c1-26-21-10-5-9-20(18-25)22(21)27-16-6-11-23-12-14-24(15-13-23)17-19-7-3-2-4-8-19/h2-5,7-10,18H,6,11-17H2,1H3. The Kier molecular flexibility index (Phi) is 7.25. The molecular weight excluding hydrogens is 340 g/mol. The fourth-order valence-corrected chi connectivity index (χ4v) is 3.42. The molecule has 2 aromatic carbocycles. The number of aldehydes is 1. The van der Waals surface area contributed by atoms with Crippen molar-refractivity contribution >= 4 is 6.29 Å². The fraction of sp³-hybridized carbons (Fsp3) is 0.409. The maximum atomic E-state index is 11.2. The van der Waals surface area contributed by atoms with Gasteiger partial charge in [0.25, 0.3) is 0 Å². The summed E-state index contributed by atoms with van der Waals surface area (Å²) in [6, 6.07) is 16.0. The predicted molar refractivity (Wildman–Crippen MR) is 107 cm³/mol. The number of hydrogen-bond acceptors (Lipinski definition) is 5. The van der Waals surface area contributed by atoms with Crippen LogP contribution in [0.5, 0.6) is 11.5 Å². The number of piperazine rings is 1. The molecule has 2 aromatic rings. The normalized spacial score (nSPS) is 15.4. The van der Waals surface area contributed by atoms with Crippen LogP contribution in [-0.2, 0) is 6.54 Å². The zero-order valence-electron chi connectivity index (χ0n) is 16.0. The molecule has 0 aliphatic carbocycles. The van der Waals surface area contributed by atoms with Crippen LogP contribution in [0.1, 0.15) is 22.3 Å². The Morgan fingerprint density at radius 3 is 2.41 bits per heavy atom. The molecule has 0 unspecified atom stereocenters. The molecule has 1 aliphatic rings. The summed E-state index contributed by atoms with van der Waals surface area (Å²) in [6.07, 6.45) is 1.73. The summed E-state index contributed by atoms with van der Waals surface area (Å²) in [4.78, 5) is 16.2. The number of carbonyl (C=O) groups is 1. The minimum Gasteiger partial charge on any atom is -0.493 e. The third-order valence-electron chi connectivity index (χ3n) is 4.94. The molecule has 5 nitrogen and oxygen atoms in total. The maximum Gasteiger partial charge on any atom is 0.171 e. The average Bonchev–Trinajstić information content (AvgIpc) is 2.73. The highest BCUT2D eigenvalue weighted by Crippen LogP contribution is 2.30. The molecule has 1 fully saturated rings. The number of hydrogen-bond donors (Lipinski definition) is 0. The van der Waals surface area contributed by atoms with E-state index in [2.05, 4.69) is 40.1 Å². The third kappa shape index (κ3) is 5.55. The van der Waals surface area contributed by atoms with Crippen molar-refractivity contribution in [2.75, 3.05) is 46.4 Å². The Morgan fingerprint density at radius 2 is 1.70 bits per heavy atom. The van der Waals surface area contributed by atoms with E-state index in [1.54, 1.807) is 19.2 Å². The van der Waals surface area contributed by atoms with Crippen molar-refractivity contribution in [3.63, 3.8) is 0 Å². The van der Waals surface area contributed by atoms with Crippen LogP contribution >= 0.6 is 0 Å². The summed E-state index contributed by atoms with van der Waals surface area (Å²) in [7, 11) is 1.59. The molecule has 1 aliphatic heterocycles. The zero-order chi connectivity index (χ0) is 18.9. The lowest BCUT2D eigenvalue weighted by Gasteiger charge is -2.34. The maximum absolute atomic E-state index is 11.2. The van der Waals surface area contributed by atoms with Crippen molar-refractivity contribution in [1.82, 2.24) is 9.80 Å². The fourth-order valence-electron chi connectivity index (χ4n) is 3.42. The molecule has 0 N–H and O–H groups in total. The SMILES string of the molecule is COc1cccc(C=O)c1OCCCN1CCN(Cc2ccccc2)CC1. The molecule has 0 spiro atoms. The van der Waals surface area contributed by atoms with Crippen LogP contribution < -0.4 is 9.47 Å². The summed E-state index contributed by atoms with van der Waals surface area (Å²) in [5.41, 5.74) is 1.91. The van der Waals surface area contributed by atoms with E-state index >= 15 is 0 Å². The van der Waals surface area contributed by atoms with Gasteiger partial charge >= 0.3 is 0 Å². The van der Waals surface area contributed by atoms with Crippen LogP contribution in [-0.4, -0.2) is 62.5 Å². The van der Waals surface area contributed by atoms with Gasteiger partial charge in [0, 0.05) is 39.3 Å². The zero-order valence-corrected chi connectivity index (χ0v) is 16.0. The van der Waals surface area contributed by atoms with Crippen LogP contribution in [0.15, 0.2) is 48.5 Å². The first-order chi connectivity index (χ1) is 13.3. The van der Waals surface area contributed by atoms with E-state index in [4.69, 9.17) is 9.47 Å². The highest BCUT2D eigenvalue weighted by atomic mass is 16.5. The van der Waals surface area contributed by atoms with Crippen LogP contribution in [0.25, 0.3) is 0 Å². The second kappa shape index (κ2) is 10.1. The predicted octanol–water partition coefficient (Wildman–Crippen LogP) is 3.09. The molecule has 0 saturated carbocycles. The number of carbonyl (C=O) groups excluding carboxylic acids is 1. The van der Waals surface area contributed by atoms with E-state index in [9.17, 15) is 4.79 Å². The minimum absolute atomic E-state index is 0.531. The first-order valence-corrected chi connectivity index (χ1v) is 9.54. The number of methoxy groups -OCH3 is 1. The summed E-state index contributed by atoms with van der Waals surface area (Å²) >= 11 is 0. The molecule has 0 aromatic heterocycles. The molecule has 1 saturated heterocycles. The van der Waals surface area contributed by atoms with Gasteiger partial charge in [-0.05, 0) is 24.1 Å². The first kappa shape index (κ1) is 19.4. The van der Waals surface area contributed by atoms with Gasteiger partial charge in [-0.3, -0.25) is 9.69 Å². The highest BCUT2D eigenvalue weighted by molar-refractivity contribution is 5.81. The van der Waals surface area contributed by atoms with Crippen LogP contribution in [0.4, 0.5) is 0 Å². The molecule has 27 heavy (non-hydrogen) atoms. The molecule has 0 amide bonds. The molecule has 5 heteroatoms. The first-order valence-electron chi connectivity index (χ1n) is 9.54. The lowest BCUT2D eigenvalue weighted by Crippen LogP contribution is -2.46. The smallest absolute Gasteiger partial charge is 0.171 e. The van der Waals surface area contributed by atoms with E-state index in [0.29, 0.717) is 23.7 Å². The number of ether oxygens (including phenoxy) is 2. The van der Waals surface area contributed by atoms with E-state index in [1.807, 2.05) is 6.07 Å². The largest absolute Gasteiger partial charge is 0.493 e. The van der Waals surface area contributed by atoms with E-state index in [1.165, 1.54) is 5.56 Å². The van der Waals surface area contributed by atoms with Gasteiger partial charge in [-0.2, -0.15) is 0 Å².